The average molecular weight is 447 g/mol. The van der Waals surface area contributed by atoms with Gasteiger partial charge in [-0.1, -0.05) is 37.3 Å². The van der Waals surface area contributed by atoms with Crippen molar-refractivity contribution in [3.63, 3.8) is 0 Å². The van der Waals surface area contributed by atoms with E-state index in [0.29, 0.717) is 56.9 Å². The summed E-state index contributed by atoms with van der Waals surface area (Å²) in [6, 6.07) is 16.5. The third-order valence-electron chi connectivity index (χ3n) is 5.07. The number of para-hydroxylation sites is 2. The van der Waals surface area contributed by atoms with E-state index in [1.54, 1.807) is 17.0 Å². The Labute approximate surface area is 184 Å². The largest absolute Gasteiger partial charge is 0.490 e. The van der Waals surface area contributed by atoms with Crippen LogP contribution in [0.5, 0.6) is 11.5 Å². The maximum Gasteiger partial charge on any atom is 0.257 e. The molecule has 168 valence electrons. The molecule has 0 bridgehead atoms. The van der Waals surface area contributed by atoms with E-state index in [4.69, 9.17) is 9.47 Å². The zero-order chi connectivity index (χ0) is 22.1. The summed E-state index contributed by atoms with van der Waals surface area (Å²) in [5.41, 5.74) is 0.507. The van der Waals surface area contributed by atoms with E-state index in [9.17, 15) is 13.2 Å². The number of nitrogens with zero attached hydrogens (tertiary/aromatic N) is 1. The highest BCUT2D eigenvalue weighted by atomic mass is 32.2. The van der Waals surface area contributed by atoms with Crippen LogP contribution in [0.15, 0.2) is 54.6 Å². The van der Waals surface area contributed by atoms with Crippen molar-refractivity contribution in [3.8, 4) is 11.5 Å². The van der Waals surface area contributed by atoms with Crippen LogP contribution >= 0.6 is 0 Å². The maximum atomic E-state index is 13.0. The quantitative estimate of drug-likeness (QED) is 0.567. The van der Waals surface area contributed by atoms with E-state index in [1.807, 2.05) is 49.4 Å². The number of hydrogen-bond donors (Lipinski definition) is 1. The lowest BCUT2D eigenvalue weighted by molar-refractivity contribution is 0.0706. The molecule has 0 spiro atoms. The van der Waals surface area contributed by atoms with Gasteiger partial charge in [0, 0.05) is 19.1 Å². The van der Waals surface area contributed by atoms with Crippen molar-refractivity contribution in [1.82, 2.24) is 9.62 Å². The number of carbonyl (C=O) groups is 1. The molecule has 0 aliphatic carbocycles. The number of nitrogens with one attached hydrogen (secondary N) is 1. The minimum atomic E-state index is -3.25. The molecule has 1 aliphatic heterocycles. The second-order valence-electron chi connectivity index (χ2n) is 7.51. The van der Waals surface area contributed by atoms with Crippen LogP contribution in [0.4, 0.5) is 0 Å². The molecule has 0 atom stereocenters. The van der Waals surface area contributed by atoms with Crippen LogP contribution < -0.4 is 14.2 Å². The fourth-order valence-electron chi connectivity index (χ4n) is 3.55. The van der Waals surface area contributed by atoms with Gasteiger partial charge in [-0.25, -0.2) is 13.1 Å². The Morgan fingerprint density at radius 1 is 1.00 bits per heavy atom. The van der Waals surface area contributed by atoms with Crippen LogP contribution in [-0.2, 0) is 10.0 Å². The van der Waals surface area contributed by atoms with E-state index in [0.717, 1.165) is 5.75 Å². The van der Waals surface area contributed by atoms with Gasteiger partial charge in [-0.2, -0.15) is 0 Å². The number of sulfonamides is 1. The zero-order valence-corrected chi connectivity index (χ0v) is 18.6. The number of likely N-dealkylation sites (tertiary alicyclic amines) is 1. The summed E-state index contributed by atoms with van der Waals surface area (Å²) in [5.74, 6) is 1.32. The van der Waals surface area contributed by atoms with Gasteiger partial charge in [0.2, 0.25) is 10.0 Å². The summed E-state index contributed by atoms with van der Waals surface area (Å²) >= 11 is 0. The molecule has 2 aromatic carbocycles. The standard InChI is InChI=1S/C23H30N2O5S/c1-2-18-31(27,28)24-19-12-14-25(15-13-19)23(26)21-10-6-7-11-22(21)30-17-16-29-20-8-4-3-5-9-20/h3-11,19,24H,2,12-18H2,1H3. The lowest BCUT2D eigenvalue weighted by atomic mass is 10.0. The average Bonchev–Trinajstić information content (AvgIpc) is 2.77. The molecule has 1 amide bonds. The van der Waals surface area contributed by atoms with Crippen LogP contribution in [0.1, 0.15) is 36.5 Å². The van der Waals surface area contributed by atoms with E-state index >= 15 is 0 Å². The summed E-state index contributed by atoms with van der Waals surface area (Å²) in [6.45, 7) is 3.54. The van der Waals surface area contributed by atoms with Crippen molar-refractivity contribution in [2.75, 3.05) is 32.1 Å². The highest BCUT2D eigenvalue weighted by molar-refractivity contribution is 7.89. The molecule has 1 aliphatic rings. The second-order valence-corrected chi connectivity index (χ2v) is 9.38. The molecule has 7 nitrogen and oxygen atoms in total. The van der Waals surface area contributed by atoms with Gasteiger partial charge in [0.15, 0.2) is 0 Å². The SMILES string of the molecule is CCCS(=O)(=O)NC1CCN(C(=O)c2ccccc2OCCOc2ccccc2)CC1. The molecule has 8 heteroatoms. The van der Waals surface area contributed by atoms with Gasteiger partial charge < -0.3 is 14.4 Å². The van der Waals surface area contributed by atoms with Gasteiger partial charge in [-0.15, -0.1) is 0 Å². The van der Waals surface area contributed by atoms with Crippen LogP contribution in [0, 0.1) is 0 Å². The Morgan fingerprint density at radius 2 is 1.65 bits per heavy atom. The highest BCUT2D eigenvalue weighted by Crippen LogP contribution is 2.22. The monoisotopic (exact) mass is 446 g/mol. The Balaban J connectivity index is 1.51. The van der Waals surface area contributed by atoms with E-state index in [1.165, 1.54) is 0 Å². The smallest absolute Gasteiger partial charge is 0.257 e. The second kappa shape index (κ2) is 11.2. The molecule has 0 radical (unpaired) electrons. The van der Waals surface area contributed by atoms with Crippen molar-refractivity contribution in [2.24, 2.45) is 0 Å². The predicted molar refractivity (Wildman–Crippen MR) is 120 cm³/mol. The van der Waals surface area contributed by atoms with Crippen LogP contribution in [0.3, 0.4) is 0 Å². The number of piperidine rings is 1. The van der Waals surface area contributed by atoms with Gasteiger partial charge in [0.05, 0.1) is 11.3 Å². The summed E-state index contributed by atoms with van der Waals surface area (Å²) in [4.78, 5) is 14.8. The molecule has 0 saturated carbocycles. The Hall–Kier alpha value is -2.58. The third-order valence-corrected chi connectivity index (χ3v) is 6.71. The fraction of sp³-hybridized carbons (Fsp3) is 0.435. The molecular formula is C23H30N2O5S. The van der Waals surface area contributed by atoms with E-state index < -0.39 is 10.0 Å². The molecule has 0 unspecified atom stereocenters. The molecule has 1 saturated heterocycles. The fourth-order valence-corrected chi connectivity index (χ4v) is 4.95. The minimum Gasteiger partial charge on any atom is -0.490 e. The highest BCUT2D eigenvalue weighted by Gasteiger charge is 2.27. The number of amides is 1. The molecule has 1 fully saturated rings. The Morgan fingerprint density at radius 3 is 2.35 bits per heavy atom. The first-order valence-electron chi connectivity index (χ1n) is 10.7. The van der Waals surface area contributed by atoms with Gasteiger partial charge in [0.1, 0.15) is 24.7 Å². The summed E-state index contributed by atoms with van der Waals surface area (Å²) in [5, 5.41) is 0. The molecular weight excluding hydrogens is 416 g/mol. The topological polar surface area (TPSA) is 84.9 Å². The summed E-state index contributed by atoms with van der Waals surface area (Å²) < 4.78 is 38.2. The lowest BCUT2D eigenvalue weighted by Crippen LogP contribution is -2.47. The number of rotatable bonds is 10. The first kappa shape index (κ1) is 23.1. The Kier molecular flexibility index (Phi) is 8.31. The molecule has 0 aromatic heterocycles. The molecule has 1 N–H and O–H groups in total. The van der Waals surface area contributed by atoms with Crippen molar-refractivity contribution in [1.29, 1.82) is 0 Å². The first-order valence-corrected chi connectivity index (χ1v) is 12.3. The van der Waals surface area contributed by atoms with Crippen LogP contribution in [-0.4, -0.2) is 57.3 Å². The predicted octanol–water partition coefficient (Wildman–Crippen LogP) is 3.08. The van der Waals surface area contributed by atoms with Gasteiger partial charge in [-0.3, -0.25) is 4.79 Å². The van der Waals surface area contributed by atoms with Crippen molar-refractivity contribution < 1.29 is 22.7 Å². The molecule has 3 rings (SSSR count). The van der Waals surface area contributed by atoms with Gasteiger partial charge in [-0.05, 0) is 43.5 Å². The van der Waals surface area contributed by atoms with E-state index in [2.05, 4.69) is 4.72 Å². The minimum absolute atomic E-state index is 0.102. The molecule has 2 aromatic rings. The summed E-state index contributed by atoms with van der Waals surface area (Å²) in [7, 11) is -3.25. The third kappa shape index (κ3) is 6.97. The number of benzene rings is 2. The van der Waals surface area contributed by atoms with Crippen molar-refractivity contribution in [2.45, 2.75) is 32.2 Å². The molecule has 1 heterocycles. The zero-order valence-electron chi connectivity index (χ0n) is 17.8. The van der Waals surface area contributed by atoms with Crippen LogP contribution in [0.2, 0.25) is 0 Å². The van der Waals surface area contributed by atoms with Crippen molar-refractivity contribution in [3.05, 3.63) is 60.2 Å². The van der Waals surface area contributed by atoms with Crippen LogP contribution in [0.25, 0.3) is 0 Å². The number of ether oxygens (including phenoxy) is 2. The lowest BCUT2D eigenvalue weighted by Gasteiger charge is -2.32. The number of hydrogen-bond acceptors (Lipinski definition) is 5. The molecule has 31 heavy (non-hydrogen) atoms. The number of carbonyl (C=O) groups excluding carboxylic acids is 1. The first-order chi connectivity index (χ1) is 15.0. The van der Waals surface area contributed by atoms with E-state index in [-0.39, 0.29) is 17.7 Å². The van der Waals surface area contributed by atoms with Gasteiger partial charge >= 0.3 is 0 Å². The Bertz CT molecular complexity index is 941. The summed E-state index contributed by atoms with van der Waals surface area (Å²) in [6.07, 6.45) is 1.78. The maximum absolute atomic E-state index is 13.0. The van der Waals surface area contributed by atoms with Gasteiger partial charge in [0.25, 0.3) is 5.91 Å². The van der Waals surface area contributed by atoms with Crippen molar-refractivity contribution >= 4 is 15.9 Å². The normalized spacial score (nSPS) is 14.9.